The molecule has 0 radical (unpaired) electrons. The minimum atomic E-state index is -0.988. The third-order valence-corrected chi connectivity index (χ3v) is 9.57. The highest BCUT2D eigenvalue weighted by atomic mass is 16.5. The number of phenolic OH excluding ortho intramolecular Hbond substituents is 2. The largest absolute Gasteiger partial charge is 0.507 e. The highest BCUT2D eigenvalue weighted by Crippen LogP contribution is 2.60. The van der Waals surface area contributed by atoms with Crippen LogP contribution in [-0.4, -0.2) is 56.6 Å². The van der Waals surface area contributed by atoms with Crippen LogP contribution >= 0.6 is 0 Å². The van der Waals surface area contributed by atoms with Crippen LogP contribution in [0, 0.1) is 17.3 Å². The monoisotopic (exact) mass is 532 g/mol. The van der Waals surface area contributed by atoms with E-state index >= 15 is 0 Å². The lowest BCUT2D eigenvalue weighted by Crippen LogP contribution is -2.65. The predicted octanol–water partition coefficient (Wildman–Crippen LogP) is 5.25. The van der Waals surface area contributed by atoms with Gasteiger partial charge in [-0.2, -0.15) is 0 Å². The molecule has 8 nitrogen and oxygen atoms in total. The van der Waals surface area contributed by atoms with Crippen LogP contribution in [0.1, 0.15) is 109 Å². The summed E-state index contributed by atoms with van der Waals surface area (Å²) in [4.78, 5) is 26.0. The van der Waals surface area contributed by atoms with Crippen molar-refractivity contribution in [3.05, 3.63) is 17.2 Å². The van der Waals surface area contributed by atoms with Gasteiger partial charge in [-0.25, -0.2) is 0 Å². The highest BCUT2D eigenvalue weighted by Gasteiger charge is 2.63. The molecule has 1 aromatic rings. The predicted molar refractivity (Wildman–Crippen MR) is 142 cm³/mol. The number of hydrogen-bond acceptors (Lipinski definition) is 8. The number of benzene rings is 1. The van der Waals surface area contributed by atoms with E-state index in [1.807, 2.05) is 34.6 Å². The second-order valence-corrected chi connectivity index (χ2v) is 12.8. The zero-order valence-corrected chi connectivity index (χ0v) is 24.0. The molecule has 3 N–H and O–H groups in total. The van der Waals surface area contributed by atoms with E-state index in [4.69, 9.17) is 14.2 Å². The van der Waals surface area contributed by atoms with Crippen molar-refractivity contribution >= 4 is 11.8 Å². The van der Waals surface area contributed by atoms with E-state index in [9.17, 15) is 24.9 Å². The number of fused-ring (bicyclic) bond motifs is 4. The minimum absolute atomic E-state index is 0.00479. The van der Waals surface area contributed by atoms with Crippen LogP contribution in [0.25, 0.3) is 0 Å². The van der Waals surface area contributed by atoms with Crippen LogP contribution in [0.2, 0.25) is 0 Å². The van der Waals surface area contributed by atoms with Gasteiger partial charge < -0.3 is 29.5 Å². The molecule has 1 saturated carbocycles. The molecule has 212 valence electrons. The molecule has 1 aromatic carbocycles. The second kappa shape index (κ2) is 9.70. The molecule has 0 bridgehead atoms. The second-order valence-electron chi connectivity index (χ2n) is 12.8. The maximum atomic E-state index is 14.2. The SMILES string of the molecule is CCC(C)C(OC(C)=O)C(C)c1cc(O)c2c(c1O)OC1(C)CCC3OC(C(C)(C)O)CCC3(C)C1C2=O. The summed E-state index contributed by atoms with van der Waals surface area (Å²) in [7, 11) is 0. The zero-order chi connectivity index (χ0) is 28.4. The fourth-order valence-corrected chi connectivity index (χ4v) is 7.25. The number of Topliss-reactive ketones (excluding diaryl/α,β-unsaturated/α-hetero) is 1. The quantitative estimate of drug-likeness (QED) is 0.335. The Labute approximate surface area is 225 Å². The first-order chi connectivity index (χ1) is 17.5. The summed E-state index contributed by atoms with van der Waals surface area (Å²) in [6.07, 6.45) is 2.09. The fourth-order valence-electron chi connectivity index (χ4n) is 7.25. The molecule has 8 heteroatoms. The number of ketones is 1. The van der Waals surface area contributed by atoms with E-state index in [2.05, 4.69) is 0 Å². The molecule has 0 aromatic heterocycles. The van der Waals surface area contributed by atoms with E-state index in [1.165, 1.54) is 13.0 Å². The Morgan fingerprint density at radius 3 is 2.45 bits per heavy atom. The van der Waals surface area contributed by atoms with E-state index in [0.29, 0.717) is 31.2 Å². The van der Waals surface area contributed by atoms with Gasteiger partial charge in [0.25, 0.3) is 0 Å². The van der Waals surface area contributed by atoms with Gasteiger partial charge in [-0.1, -0.05) is 34.1 Å². The van der Waals surface area contributed by atoms with Crippen LogP contribution in [0.4, 0.5) is 0 Å². The lowest BCUT2D eigenvalue weighted by molar-refractivity contribution is -0.227. The molecule has 38 heavy (non-hydrogen) atoms. The molecular weight excluding hydrogens is 488 g/mol. The number of phenols is 2. The number of rotatable bonds is 6. The first kappa shape index (κ1) is 28.7. The summed E-state index contributed by atoms with van der Waals surface area (Å²) in [6, 6.07) is 1.41. The summed E-state index contributed by atoms with van der Waals surface area (Å²) in [5.41, 5.74) is -2.10. The summed E-state index contributed by atoms with van der Waals surface area (Å²) < 4.78 is 18.5. The Kier molecular flexibility index (Phi) is 7.32. The molecule has 2 aliphatic heterocycles. The minimum Gasteiger partial charge on any atom is -0.507 e. The van der Waals surface area contributed by atoms with Crippen LogP contribution in [0.3, 0.4) is 0 Å². The van der Waals surface area contributed by atoms with Gasteiger partial charge >= 0.3 is 5.97 Å². The van der Waals surface area contributed by atoms with Crippen molar-refractivity contribution in [2.24, 2.45) is 17.3 Å². The first-order valence-electron chi connectivity index (χ1n) is 13.9. The number of carbonyl (C=O) groups excluding carboxylic acids is 2. The number of esters is 1. The molecular formula is C30H44O8. The molecule has 0 spiro atoms. The van der Waals surface area contributed by atoms with Crippen molar-refractivity contribution in [2.45, 2.75) is 123 Å². The van der Waals surface area contributed by atoms with Crippen LogP contribution in [0.15, 0.2) is 6.07 Å². The molecule has 3 aliphatic rings. The van der Waals surface area contributed by atoms with Gasteiger partial charge in [-0.3, -0.25) is 9.59 Å². The van der Waals surface area contributed by atoms with Gasteiger partial charge in [-0.05, 0) is 58.4 Å². The topological polar surface area (TPSA) is 123 Å². The Morgan fingerprint density at radius 2 is 1.87 bits per heavy atom. The lowest BCUT2D eigenvalue weighted by Gasteiger charge is -2.59. The van der Waals surface area contributed by atoms with Gasteiger partial charge in [0.15, 0.2) is 17.3 Å². The average Bonchev–Trinajstić information content (AvgIpc) is 2.81. The molecule has 2 heterocycles. The molecule has 4 rings (SSSR count). The first-order valence-corrected chi connectivity index (χ1v) is 13.9. The summed E-state index contributed by atoms with van der Waals surface area (Å²) >= 11 is 0. The number of hydrogen-bond donors (Lipinski definition) is 3. The van der Waals surface area contributed by atoms with Crippen molar-refractivity contribution < 1.29 is 39.1 Å². The zero-order valence-electron chi connectivity index (χ0n) is 24.0. The number of carbonyl (C=O) groups is 2. The van der Waals surface area contributed by atoms with Gasteiger partial charge in [0.1, 0.15) is 23.0 Å². The Hall–Kier alpha value is -2.32. The molecule has 2 fully saturated rings. The van der Waals surface area contributed by atoms with Crippen molar-refractivity contribution in [3.8, 4) is 17.2 Å². The van der Waals surface area contributed by atoms with Crippen molar-refractivity contribution in [1.29, 1.82) is 0 Å². The average molecular weight is 533 g/mol. The Morgan fingerprint density at radius 1 is 1.21 bits per heavy atom. The highest BCUT2D eigenvalue weighted by molar-refractivity contribution is 6.06. The van der Waals surface area contributed by atoms with E-state index in [0.717, 1.165) is 6.42 Å². The molecule has 1 saturated heterocycles. The normalized spacial score (nSPS) is 33.2. The molecule has 8 atom stereocenters. The summed E-state index contributed by atoms with van der Waals surface area (Å²) in [6.45, 7) is 14.6. The lowest BCUT2D eigenvalue weighted by atomic mass is 9.53. The van der Waals surface area contributed by atoms with Crippen molar-refractivity contribution in [3.63, 3.8) is 0 Å². The number of aliphatic hydroxyl groups is 1. The molecule has 0 amide bonds. The van der Waals surface area contributed by atoms with Gasteiger partial charge in [0.2, 0.25) is 0 Å². The van der Waals surface area contributed by atoms with Gasteiger partial charge in [0, 0.05) is 23.8 Å². The van der Waals surface area contributed by atoms with E-state index in [1.54, 1.807) is 13.8 Å². The van der Waals surface area contributed by atoms with E-state index < -0.39 is 40.5 Å². The van der Waals surface area contributed by atoms with Crippen LogP contribution < -0.4 is 4.74 Å². The Balaban J connectivity index is 1.75. The van der Waals surface area contributed by atoms with Crippen molar-refractivity contribution in [1.82, 2.24) is 0 Å². The smallest absolute Gasteiger partial charge is 0.302 e. The third kappa shape index (κ3) is 4.57. The maximum Gasteiger partial charge on any atom is 0.302 e. The number of aromatic hydroxyl groups is 2. The maximum absolute atomic E-state index is 14.2. The molecule has 8 unspecified atom stereocenters. The van der Waals surface area contributed by atoms with Crippen molar-refractivity contribution in [2.75, 3.05) is 0 Å². The fraction of sp³-hybridized carbons (Fsp3) is 0.733. The van der Waals surface area contributed by atoms with Crippen LogP contribution in [-0.2, 0) is 14.3 Å². The van der Waals surface area contributed by atoms with Gasteiger partial charge in [0.05, 0.1) is 23.7 Å². The summed E-state index contributed by atoms with van der Waals surface area (Å²) in [5.74, 6) is -2.18. The summed E-state index contributed by atoms with van der Waals surface area (Å²) in [5, 5.41) is 33.1. The molecule has 1 aliphatic carbocycles. The number of ether oxygens (including phenoxy) is 3. The standard InChI is InChI=1S/C30H44O8/c1-9-15(2)25(36-17(4)31)16(3)18-14-19(32)22-24(34)27-29(7)12-10-20(28(5,6)35)37-21(29)11-13-30(27,8)38-26(22)23(18)33/h14-16,20-21,25,27,32-33,35H,9-13H2,1-8H3. The Bertz CT molecular complexity index is 1110. The third-order valence-electron chi connectivity index (χ3n) is 9.57. The van der Waals surface area contributed by atoms with Gasteiger partial charge in [-0.15, -0.1) is 0 Å². The van der Waals surface area contributed by atoms with Crippen LogP contribution in [0.5, 0.6) is 17.2 Å². The van der Waals surface area contributed by atoms with E-state index in [-0.39, 0.29) is 46.7 Å².